The fourth-order valence-electron chi connectivity index (χ4n) is 25.1. The molecule has 24 atom stereocenters. The van der Waals surface area contributed by atoms with Gasteiger partial charge >= 0.3 is 11.9 Å². The largest absolute Gasteiger partial charge is 0.427 e. The molecule has 1 aromatic heterocycles. The molecule has 19 aliphatic rings. The van der Waals surface area contributed by atoms with Crippen molar-refractivity contribution in [3.8, 4) is 11.8 Å². The van der Waals surface area contributed by atoms with Crippen LogP contribution in [0.4, 0.5) is 0 Å². The molecule has 101 heavy (non-hydrogen) atoms. The maximum absolute atomic E-state index is 16.3. The number of hydrogen-bond donors (Lipinski definition) is 7. The van der Waals surface area contributed by atoms with Gasteiger partial charge < -0.3 is 40.4 Å². The van der Waals surface area contributed by atoms with Crippen LogP contribution in [-0.4, -0.2) is 103 Å². The van der Waals surface area contributed by atoms with Crippen molar-refractivity contribution in [2.45, 2.75) is 170 Å². The zero-order valence-corrected chi connectivity index (χ0v) is 59.5. The molecule has 1 aromatic carbocycles. The molecule has 12 aliphatic carbocycles. The second kappa shape index (κ2) is 25.7. The molecule has 7 N–H and O–H groups in total. The zero-order valence-electron chi connectivity index (χ0n) is 57.9. The summed E-state index contributed by atoms with van der Waals surface area (Å²) in [6, 6.07) is 10.0. The smallest absolute Gasteiger partial charge is 0.340 e. The number of carbonyl (C=O) groups is 4. The minimum atomic E-state index is -1.07. The molecule has 5 saturated carbocycles. The maximum atomic E-state index is 16.3. The number of aliphatic hydroxyl groups excluding tert-OH is 3. The topological polar surface area (TPSA) is 215 Å². The normalized spacial score (nSPS) is 42.0. The first-order valence-corrected chi connectivity index (χ1v) is 41.2. The number of benzene rings is 1. The van der Waals surface area contributed by atoms with Gasteiger partial charge in [0.25, 0.3) is 11.8 Å². The van der Waals surface area contributed by atoms with E-state index in [0.29, 0.717) is 48.5 Å². The van der Waals surface area contributed by atoms with Crippen LogP contribution in [0.2, 0.25) is 0 Å². The first kappa shape index (κ1) is 65.4. The van der Waals surface area contributed by atoms with Crippen LogP contribution >= 0.6 is 21.6 Å². The number of nitrogens with zero attached hydrogens (tertiary/aromatic N) is 2. The van der Waals surface area contributed by atoms with Gasteiger partial charge in [-0.05, 0) is 213 Å². The van der Waals surface area contributed by atoms with E-state index in [1.807, 2.05) is 35.2 Å². The zero-order chi connectivity index (χ0) is 68.2. The van der Waals surface area contributed by atoms with Crippen LogP contribution in [0.5, 0.6) is 0 Å². The predicted molar refractivity (Wildman–Crippen MR) is 386 cm³/mol. The SMILES string of the molecule is CCC1(C2=C3OC(=O)C4=C3C(CC2)CC2C3CCC5(C6=CCC(C7C8C=CC9C#CC%10C(O)C(c%11ccccc%11)C=CC%10C(CO)CC(C8)CC97)C(NC7CCC8CCCC(Cc9cnc[nH]9)C8C7O)SSC7C=CC8=C(NCC=C8C(CN8C(=O)C=CC8=O)C3=C5C(=O)O6)N7)C42)CCCC1. The minimum Gasteiger partial charge on any atom is -0.427 e. The van der Waals surface area contributed by atoms with Crippen molar-refractivity contribution in [2.75, 3.05) is 19.7 Å². The van der Waals surface area contributed by atoms with Crippen LogP contribution in [0.25, 0.3) is 0 Å². The molecule has 2 aromatic rings. The third-order valence-corrected chi connectivity index (χ3v) is 32.2. The number of dihydropyridines is 2. The molecule has 2 amide bonds. The number of amides is 2. The highest BCUT2D eigenvalue weighted by molar-refractivity contribution is 8.77. The third kappa shape index (κ3) is 10.5. The molecular weight excluding hydrogens is 1300 g/mol. The number of hydrogen-bond acceptors (Lipinski definition) is 15. The average Bonchev–Trinajstić information content (AvgIpc) is 1.57. The third-order valence-electron chi connectivity index (χ3n) is 29.3. The molecule has 17 heteroatoms. The number of aromatic amines is 1. The average molecular weight is 1400 g/mol. The number of imide groups is 1. The summed E-state index contributed by atoms with van der Waals surface area (Å²) < 4.78 is 14.1. The van der Waals surface area contributed by atoms with Gasteiger partial charge in [-0.15, -0.1) is 0 Å². The number of nitrogens with one attached hydrogen (secondary N) is 4. The summed E-state index contributed by atoms with van der Waals surface area (Å²) in [6.45, 7) is 2.86. The number of aliphatic hydroxyl groups is 3. The summed E-state index contributed by atoms with van der Waals surface area (Å²) in [5.41, 5.74) is 7.72. The van der Waals surface area contributed by atoms with Gasteiger partial charge in [0, 0.05) is 90.2 Å². The summed E-state index contributed by atoms with van der Waals surface area (Å²) >= 11 is 0. The van der Waals surface area contributed by atoms with Crippen molar-refractivity contribution >= 4 is 45.3 Å². The summed E-state index contributed by atoms with van der Waals surface area (Å²) in [4.78, 5) is 69.4. The Balaban J connectivity index is 0.789. The van der Waals surface area contributed by atoms with Crippen molar-refractivity contribution < 1.29 is 44.0 Å². The van der Waals surface area contributed by atoms with E-state index in [-0.39, 0.29) is 130 Å². The maximum Gasteiger partial charge on any atom is 0.340 e. The Labute approximate surface area is 601 Å². The second-order valence-electron chi connectivity index (χ2n) is 33.5. The molecule has 1 saturated heterocycles. The van der Waals surface area contributed by atoms with Crippen LogP contribution in [-0.2, 0) is 35.1 Å². The van der Waals surface area contributed by atoms with Crippen molar-refractivity contribution in [1.82, 2.24) is 30.8 Å². The summed E-state index contributed by atoms with van der Waals surface area (Å²) in [6.07, 6.45) is 42.1. The molecule has 12 bridgehead atoms. The molecule has 528 valence electrons. The number of imidazole rings is 1. The Bertz CT molecular complexity index is 4130. The summed E-state index contributed by atoms with van der Waals surface area (Å²) in [5, 5.41) is 49.2. The van der Waals surface area contributed by atoms with Crippen LogP contribution < -0.4 is 16.0 Å². The molecular formula is C84H96N6O9S2. The van der Waals surface area contributed by atoms with Crippen molar-refractivity contribution in [3.05, 3.63) is 171 Å². The number of allylic oxidation sites excluding steroid dienone is 9. The lowest BCUT2D eigenvalue weighted by atomic mass is 9.42. The highest BCUT2D eigenvalue weighted by Gasteiger charge is 2.71. The van der Waals surface area contributed by atoms with E-state index in [2.05, 4.69) is 105 Å². The molecule has 7 aliphatic heterocycles. The lowest BCUT2D eigenvalue weighted by Gasteiger charge is -2.58. The van der Waals surface area contributed by atoms with E-state index < -0.39 is 35.4 Å². The van der Waals surface area contributed by atoms with Gasteiger partial charge in [0.05, 0.1) is 40.8 Å². The lowest BCUT2D eigenvalue weighted by Crippen LogP contribution is -2.57. The molecule has 1 spiro atoms. The van der Waals surface area contributed by atoms with E-state index in [1.165, 1.54) is 22.6 Å². The van der Waals surface area contributed by atoms with Gasteiger partial charge in [-0.1, -0.05) is 139 Å². The number of H-pyrrole nitrogens is 1. The van der Waals surface area contributed by atoms with Crippen LogP contribution in [0.15, 0.2) is 160 Å². The van der Waals surface area contributed by atoms with Gasteiger partial charge in [0.1, 0.15) is 22.7 Å². The number of carbonyl (C=O) groups excluding carboxylic acids is 4. The summed E-state index contributed by atoms with van der Waals surface area (Å²) in [7, 11) is 3.65. The first-order valence-electron chi connectivity index (χ1n) is 38.9. The van der Waals surface area contributed by atoms with Gasteiger partial charge in [-0.2, -0.15) is 0 Å². The quantitative estimate of drug-likeness (QED) is 0.0366. The Kier molecular flexibility index (Phi) is 16.7. The molecule has 21 rings (SSSR count). The van der Waals surface area contributed by atoms with E-state index in [0.717, 1.165) is 166 Å². The van der Waals surface area contributed by atoms with Crippen molar-refractivity contribution in [3.63, 3.8) is 0 Å². The van der Waals surface area contributed by atoms with Gasteiger partial charge in [-0.3, -0.25) is 19.8 Å². The number of rotatable bonds is 11. The van der Waals surface area contributed by atoms with Crippen LogP contribution in [0.3, 0.4) is 0 Å². The Hall–Kier alpha value is -6.39. The number of fused-ring (bicyclic) bond motifs is 11. The van der Waals surface area contributed by atoms with Crippen LogP contribution in [0.1, 0.15) is 146 Å². The molecule has 24 unspecified atom stereocenters. The number of esters is 2. The van der Waals surface area contributed by atoms with Gasteiger partial charge in [0.15, 0.2) is 0 Å². The number of aromatic nitrogens is 2. The van der Waals surface area contributed by atoms with Gasteiger partial charge in [-0.25, -0.2) is 14.6 Å². The van der Waals surface area contributed by atoms with Gasteiger partial charge in [0.2, 0.25) is 0 Å². The number of ether oxygens (including phenoxy) is 2. The monoisotopic (exact) mass is 1400 g/mol. The predicted octanol–water partition coefficient (Wildman–Crippen LogP) is 12.3. The van der Waals surface area contributed by atoms with E-state index in [9.17, 15) is 24.9 Å². The molecule has 0 radical (unpaired) electrons. The lowest BCUT2D eigenvalue weighted by molar-refractivity contribution is -0.138. The molecule has 6 fully saturated rings. The first-order chi connectivity index (χ1) is 49.4. The highest BCUT2D eigenvalue weighted by atomic mass is 33.1. The fraction of sp³-hybridized carbons (Fsp3) is 0.583. The van der Waals surface area contributed by atoms with Crippen molar-refractivity contribution in [1.29, 1.82) is 0 Å². The van der Waals surface area contributed by atoms with Crippen LogP contribution in [0, 0.1) is 123 Å². The molecule has 8 heterocycles. The molecule has 15 nitrogen and oxygen atoms in total. The van der Waals surface area contributed by atoms with E-state index >= 15 is 9.59 Å². The van der Waals surface area contributed by atoms with E-state index in [1.54, 1.807) is 17.1 Å². The Morgan fingerprint density at radius 3 is 2.48 bits per heavy atom. The highest BCUT2D eigenvalue weighted by Crippen LogP contribution is 2.74. The Morgan fingerprint density at radius 1 is 0.792 bits per heavy atom. The Morgan fingerprint density at radius 2 is 1.65 bits per heavy atom. The second-order valence-corrected chi connectivity index (χ2v) is 36.1. The minimum absolute atomic E-state index is 0.00623. The standard InChI is InChI=1S/C84H96N6O9S2/c1-2-83(31-6-7-32-83)63-23-16-50-39-61-56-29-33-84(74(61)73-71(50)78(63)99-81(73)96)65-25-21-59(70-49-14-13-46-15-18-57-53(51(42-91)36-44(35-49)37-60(46)70)19-20-54(76(57)94)45-9-4-3-5-10-45)80(88-64-24-17-47-11-8-12-48(69(47)77(64)95)38-52-40-85-43-87-52)101-100-66-26-22-58-55(30-34-86-79(58)89-66)62(72(56)75(84)82(97)98-65)41-90-67(92)27-28-68(90)93/h3-5,9-10,13-14,19-20,22,25-28,30,40,43-44,46-51,53-54,56-57,59-62,64,66,69-70,74,76-77,80,86,88-89,91,94-95H,2,6-8,11-12,16-17,21,23-24,29,31-39,41-42H2,1H3,(H,85,87). The van der Waals surface area contributed by atoms with Crippen molar-refractivity contribution in [2.24, 2.45) is 111 Å². The van der Waals surface area contributed by atoms with E-state index in [4.69, 9.17) is 9.47 Å². The fourth-order valence-corrected chi connectivity index (χ4v) is 28.0. The summed E-state index contributed by atoms with van der Waals surface area (Å²) in [5.74, 6) is 7.92.